The van der Waals surface area contributed by atoms with Crippen molar-refractivity contribution in [1.29, 1.82) is 0 Å². The van der Waals surface area contributed by atoms with Crippen molar-refractivity contribution in [2.75, 3.05) is 31.6 Å². The van der Waals surface area contributed by atoms with Gasteiger partial charge in [0.05, 0.1) is 5.41 Å². The van der Waals surface area contributed by atoms with E-state index in [4.69, 9.17) is 11.6 Å². The lowest BCUT2D eigenvalue weighted by Gasteiger charge is -2.26. The second-order valence-corrected chi connectivity index (χ2v) is 6.24. The van der Waals surface area contributed by atoms with E-state index in [9.17, 15) is 4.79 Å². The van der Waals surface area contributed by atoms with E-state index in [1.54, 1.807) is 7.05 Å². The molecule has 1 aromatic rings. The molecular weight excluding hydrogens is 286 g/mol. The van der Waals surface area contributed by atoms with Crippen LogP contribution in [0.3, 0.4) is 0 Å². The van der Waals surface area contributed by atoms with Crippen LogP contribution in [0, 0.1) is 5.41 Å². The molecule has 2 N–H and O–H groups in total. The first-order chi connectivity index (χ1) is 10.0. The molecule has 0 aliphatic carbocycles. The summed E-state index contributed by atoms with van der Waals surface area (Å²) in [4.78, 5) is 14.3. The van der Waals surface area contributed by atoms with Crippen molar-refractivity contribution in [1.82, 2.24) is 10.6 Å². The molecular formula is C16H24ClN3O. The fourth-order valence-corrected chi connectivity index (χ4v) is 3.16. The molecule has 1 fully saturated rings. The van der Waals surface area contributed by atoms with Crippen molar-refractivity contribution >= 4 is 23.2 Å². The predicted molar refractivity (Wildman–Crippen MR) is 87.8 cm³/mol. The lowest BCUT2D eigenvalue weighted by atomic mass is 9.89. The molecule has 0 bridgehead atoms. The summed E-state index contributed by atoms with van der Waals surface area (Å²) in [7, 11) is 1.70. The van der Waals surface area contributed by atoms with E-state index in [0.717, 1.165) is 48.9 Å². The highest BCUT2D eigenvalue weighted by Crippen LogP contribution is 2.36. The number of halogens is 1. The molecule has 0 aromatic heterocycles. The van der Waals surface area contributed by atoms with Gasteiger partial charge in [-0.2, -0.15) is 0 Å². The Morgan fingerprint density at radius 2 is 2.24 bits per heavy atom. The molecule has 0 radical (unpaired) electrons. The zero-order chi connectivity index (χ0) is 15.5. The van der Waals surface area contributed by atoms with E-state index in [2.05, 4.69) is 28.5 Å². The third-order valence-corrected chi connectivity index (χ3v) is 4.59. The average molecular weight is 310 g/mol. The van der Waals surface area contributed by atoms with E-state index in [1.807, 2.05) is 19.1 Å². The van der Waals surface area contributed by atoms with E-state index in [0.29, 0.717) is 0 Å². The van der Waals surface area contributed by atoms with Gasteiger partial charge in [-0.3, -0.25) is 4.79 Å². The van der Waals surface area contributed by atoms with Crippen molar-refractivity contribution in [3.8, 4) is 0 Å². The summed E-state index contributed by atoms with van der Waals surface area (Å²) in [6, 6.07) is 5.99. The van der Waals surface area contributed by atoms with Crippen LogP contribution in [0.5, 0.6) is 0 Å². The Balaban J connectivity index is 2.23. The van der Waals surface area contributed by atoms with Crippen molar-refractivity contribution in [3.05, 3.63) is 28.8 Å². The zero-order valence-electron chi connectivity index (χ0n) is 13.0. The number of carbonyl (C=O) groups is 1. The molecule has 2 rings (SSSR count). The normalized spacial score (nSPS) is 21.6. The second-order valence-electron chi connectivity index (χ2n) is 5.83. The Kier molecular flexibility index (Phi) is 5.12. The molecule has 21 heavy (non-hydrogen) atoms. The van der Waals surface area contributed by atoms with Crippen molar-refractivity contribution in [3.63, 3.8) is 0 Å². The first-order valence-electron chi connectivity index (χ1n) is 7.47. The third kappa shape index (κ3) is 3.33. The number of nitrogens with one attached hydrogen (secondary N) is 2. The van der Waals surface area contributed by atoms with E-state index in [1.165, 1.54) is 0 Å². The minimum Gasteiger partial charge on any atom is -0.370 e. The molecule has 1 atom stereocenters. The Labute approximate surface area is 131 Å². The Morgan fingerprint density at radius 1 is 1.48 bits per heavy atom. The summed E-state index contributed by atoms with van der Waals surface area (Å²) in [5.74, 6) is 0.111. The SMILES string of the molecule is CCNCc1c(Cl)cccc1N1CCC(C)(C(=O)NC)C1. The first kappa shape index (κ1) is 16.1. The second kappa shape index (κ2) is 6.67. The van der Waals surface area contributed by atoms with Crippen molar-refractivity contribution in [2.45, 2.75) is 26.8 Å². The summed E-state index contributed by atoms with van der Waals surface area (Å²) in [5.41, 5.74) is 1.92. The van der Waals surface area contributed by atoms with Crippen LogP contribution in [0.15, 0.2) is 18.2 Å². The van der Waals surface area contributed by atoms with Gasteiger partial charge in [-0.15, -0.1) is 0 Å². The maximum absolute atomic E-state index is 12.1. The molecule has 1 aliphatic rings. The van der Waals surface area contributed by atoms with Gasteiger partial charge in [0.2, 0.25) is 5.91 Å². The minimum atomic E-state index is -0.327. The summed E-state index contributed by atoms with van der Waals surface area (Å²) >= 11 is 6.36. The van der Waals surface area contributed by atoms with Crippen LogP contribution in [0.1, 0.15) is 25.8 Å². The fourth-order valence-electron chi connectivity index (χ4n) is 2.92. The van der Waals surface area contributed by atoms with Gasteiger partial charge in [0.25, 0.3) is 0 Å². The largest absolute Gasteiger partial charge is 0.370 e. The maximum atomic E-state index is 12.1. The number of carbonyl (C=O) groups excluding carboxylic acids is 1. The highest BCUT2D eigenvalue weighted by atomic mass is 35.5. The van der Waals surface area contributed by atoms with Crippen LogP contribution in [-0.2, 0) is 11.3 Å². The Bertz CT molecular complexity index is 520. The van der Waals surface area contributed by atoms with Gasteiger partial charge < -0.3 is 15.5 Å². The van der Waals surface area contributed by atoms with Crippen LogP contribution in [0.2, 0.25) is 5.02 Å². The summed E-state index contributed by atoms with van der Waals surface area (Å²) in [6.45, 7) is 7.37. The standard InChI is InChI=1S/C16H24ClN3O/c1-4-19-10-12-13(17)6-5-7-14(12)20-9-8-16(2,11-20)15(21)18-3/h5-7,19H,4,8-11H2,1-3H3,(H,18,21). The number of hydrogen-bond donors (Lipinski definition) is 2. The molecule has 1 unspecified atom stereocenters. The van der Waals surface area contributed by atoms with Gasteiger partial charge in [0.15, 0.2) is 0 Å². The molecule has 1 aliphatic heterocycles. The van der Waals surface area contributed by atoms with Gasteiger partial charge in [-0.1, -0.05) is 24.6 Å². The van der Waals surface area contributed by atoms with Crippen LogP contribution >= 0.6 is 11.6 Å². The molecule has 0 saturated carbocycles. The van der Waals surface area contributed by atoms with Crippen LogP contribution in [0.25, 0.3) is 0 Å². The highest BCUT2D eigenvalue weighted by molar-refractivity contribution is 6.31. The number of rotatable bonds is 5. The minimum absolute atomic E-state index is 0.111. The first-order valence-corrected chi connectivity index (χ1v) is 7.85. The lowest BCUT2D eigenvalue weighted by Crippen LogP contribution is -2.39. The Hall–Kier alpha value is -1.26. The molecule has 0 spiro atoms. The summed E-state index contributed by atoms with van der Waals surface area (Å²) < 4.78 is 0. The smallest absolute Gasteiger partial charge is 0.227 e. The third-order valence-electron chi connectivity index (χ3n) is 4.24. The monoisotopic (exact) mass is 309 g/mol. The van der Waals surface area contributed by atoms with Crippen LogP contribution in [0.4, 0.5) is 5.69 Å². The topological polar surface area (TPSA) is 44.4 Å². The molecule has 1 saturated heterocycles. The number of amides is 1. The van der Waals surface area contributed by atoms with Gasteiger partial charge in [0, 0.05) is 43.0 Å². The van der Waals surface area contributed by atoms with Crippen LogP contribution in [-0.4, -0.2) is 32.6 Å². The van der Waals surface area contributed by atoms with Gasteiger partial charge >= 0.3 is 0 Å². The fraction of sp³-hybridized carbons (Fsp3) is 0.562. The van der Waals surface area contributed by atoms with Crippen molar-refractivity contribution in [2.24, 2.45) is 5.41 Å². The Morgan fingerprint density at radius 3 is 2.90 bits per heavy atom. The van der Waals surface area contributed by atoms with Gasteiger partial charge in [-0.25, -0.2) is 0 Å². The highest BCUT2D eigenvalue weighted by Gasteiger charge is 2.40. The number of benzene rings is 1. The molecule has 1 amide bonds. The lowest BCUT2D eigenvalue weighted by molar-refractivity contribution is -0.128. The van der Waals surface area contributed by atoms with Gasteiger partial charge in [-0.05, 0) is 32.0 Å². The maximum Gasteiger partial charge on any atom is 0.227 e. The number of anilines is 1. The predicted octanol–water partition coefficient (Wildman–Crippen LogP) is 2.41. The average Bonchev–Trinajstić information content (AvgIpc) is 2.88. The van der Waals surface area contributed by atoms with Crippen LogP contribution < -0.4 is 15.5 Å². The quantitative estimate of drug-likeness (QED) is 0.878. The molecule has 116 valence electrons. The van der Waals surface area contributed by atoms with E-state index >= 15 is 0 Å². The summed E-state index contributed by atoms with van der Waals surface area (Å²) in [6.07, 6.45) is 0.861. The zero-order valence-corrected chi connectivity index (χ0v) is 13.8. The molecule has 4 nitrogen and oxygen atoms in total. The van der Waals surface area contributed by atoms with E-state index < -0.39 is 0 Å². The van der Waals surface area contributed by atoms with E-state index in [-0.39, 0.29) is 11.3 Å². The summed E-state index contributed by atoms with van der Waals surface area (Å²) in [5, 5.41) is 6.89. The molecule has 1 heterocycles. The number of hydrogen-bond acceptors (Lipinski definition) is 3. The van der Waals surface area contributed by atoms with Crippen molar-refractivity contribution < 1.29 is 4.79 Å². The molecule has 1 aromatic carbocycles. The number of nitrogens with zero attached hydrogens (tertiary/aromatic N) is 1. The molecule has 5 heteroatoms. The van der Waals surface area contributed by atoms with Gasteiger partial charge in [0.1, 0.15) is 0 Å².